The van der Waals surface area contributed by atoms with Crippen LogP contribution in [0.3, 0.4) is 0 Å². The third-order valence-electron chi connectivity index (χ3n) is 3.77. The zero-order chi connectivity index (χ0) is 19.8. The second-order valence-electron chi connectivity index (χ2n) is 5.76. The topological polar surface area (TPSA) is 77.2 Å². The minimum atomic E-state index is -4.48. The number of halogens is 3. The van der Waals surface area contributed by atoms with E-state index in [0.717, 1.165) is 12.1 Å². The monoisotopic (exact) mass is 379 g/mol. The lowest BCUT2D eigenvalue weighted by molar-refractivity contribution is -0.137. The molecular formula is C18H16F3N3O3. The molecule has 0 saturated heterocycles. The second-order valence-corrected chi connectivity index (χ2v) is 5.76. The van der Waals surface area contributed by atoms with E-state index in [0.29, 0.717) is 5.82 Å². The molecule has 0 radical (unpaired) electrons. The number of nitrogens with one attached hydrogen (secondary N) is 1. The van der Waals surface area contributed by atoms with Crippen LogP contribution in [0.1, 0.15) is 34.4 Å². The molecule has 2 heterocycles. The van der Waals surface area contributed by atoms with Crippen molar-refractivity contribution in [1.82, 2.24) is 9.97 Å². The molecule has 2 aromatic heterocycles. The van der Waals surface area contributed by atoms with E-state index in [4.69, 9.17) is 9.15 Å². The zero-order valence-electron chi connectivity index (χ0n) is 14.8. The smallest absolute Gasteiger partial charge is 0.416 e. The van der Waals surface area contributed by atoms with E-state index in [1.807, 2.05) is 0 Å². The Kier molecular flexibility index (Phi) is 4.77. The van der Waals surface area contributed by atoms with Crippen molar-refractivity contribution < 1.29 is 27.1 Å². The van der Waals surface area contributed by atoms with E-state index in [1.54, 1.807) is 20.8 Å². The minimum Gasteiger partial charge on any atom is -0.462 e. The molecule has 0 unspecified atom stereocenters. The van der Waals surface area contributed by atoms with Crippen LogP contribution in [0.25, 0.3) is 11.1 Å². The van der Waals surface area contributed by atoms with Crippen LogP contribution in [0.15, 0.2) is 28.7 Å². The summed E-state index contributed by atoms with van der Waals surface area (Å²) in [4.78, 5) is 20.7. The average Bonchev–Trinajstić information content (AvgIpc) is 2.90. The van der Waals surface area contributed by atoms with Crippen LogP contribution < -0.4 is 5.32 Å². The van der Waals surface area contributed by atoms with Crippen LogP contribution in [0, 0.1) is 13.8 Å². The molecule has 0 aliphatic heterocycles. The third kappa shape index (κ3) is 3.71. The molecule has 3 aromatic rings. The van der Waals surface area contributed by atoms with Crippen molar-refractivity contribution in [2.24, 2.45) is 0 Å². The molecule has 0 spiro atoms. The maximum absolute atomic E-state index is 13.0. The number of carbonyl (C=O) groups excluding carboxylic acids is 1. The van der Waals surface area contributed by atoms with E-state index >= 15 is 0 Å². The second kappa shape index (κ2) is 6.90. The molecule has 142 valence electrons. The van der Waals surface area contributed by atoms with Gasteiger partial charge in [-0.1, -0.05) is 6.07 Å². The van der Waals surface area contributed by atoms with Crippen molar-refractivity contribution in [3.05, 3.63) is 47.0 Å². The van der Waals surface area contributed by atoms with Crippen LogP contribution in [-0.4, -0.2) is 22.5 Å². The molecule has 1 aromatic carbocycles. The predicted molar refractivity (Wildman–Crippen MR) is 92.0 cm³/mol. The van der Waals surface area contributed by atoms with Gasteiger partial charge in [0.25, 0.3) is 0 Å². The SMILES string of the molecule is CCOC(=O)c1c(C)oc2nc(C)nc(Nc3cccc(C(F)(F)F)c3)c12. The van der Waals surface area contributed by atoms with Gasteiger partial charge in [-0.15, -0.1) is 0 Å². The fourth-order valence-electron chi connectivity index (χ4n) is 2.67. The molecular weight excluding hydrogens is 363 g/mol. The van der Waals surface area contributed by atoms with Crippen molar-refractivity contribution in [3.8, 4) is 0 Å². The summed E-state index contributed by atoms with van der Waals surface area (Å²) in [6.45, 7) is 5.02. The molecule has 0 aliphatic carbocycles. The maximum atomic E-state index is 13.0. The van der Waals surface area contributed by atoms with Gasteiger partial charge in [0.15, 0.2) is 0 Å². The summed E-state index contributed by atoms with van der Waals surface area (Å²) in [6, 6.07) is 4.68. The number of nitrogens with zero attached hydrogens (tertiary/aromatic N) is 2. The lowest BCUT2D eigenvalue weighted by atomic mass is 10.1. The van der Waals surface area contributed by atoms with Crippen molar-refractivity contribution in [2.45, 2.75) is 26.9 Å². The molecule has 0 aliphatic rings. The quantitative estimate of drug-likeness (QED) is 0.658. The molecule has 1 N–H and O–H groups in total. The first-order chi connectivity index (χ1) is 12.7. The van der Waals surface area contributed by atoms with Gasteiger partial charge < -0.3 is 14.5 Å². The number of ether oxygens (including phenoxy) is 1. The summed E-state index contributed by atoms with van der Waals surface area (Å²) >= 11 is 0. The van der Waals surface area contributed by atoms with Crippen molar-refractivity contribution >= 4 is 28.6 Å². The predicted octanol–water partition coefficient (Wildman–Crippen LogP) is 4.78. The Morgan fingerprint density at radius 3 is 2.67 bits per heavy atom. The van der Waals surface area contributed by atoms with Gasteiger partial charge in [-0.25, -0.2) is 9.78 Å². The van der Waals surface area contributed by atoms with Crippen LogP contribution in [-0.2, 0) is 10.9 Å². The van der Waals surface area contributed by atoms with E-state index in [-0.39, 0.29) is 40.5 Å². The number of benzene rings is 1. The van der Waals surface area contributed by atoms with Gasteiger partial charge in [-0.2, -0.15) is 18.2 Å². The summed E-state index contributed by atoms with van der Waals surface area (Å²) in [5.41, 5.74) is -0.347. The van der Waals surface area contributed by atoms with Crippen molar-refractivity contribution in [3.63, 3.8) is 0 Å². The number of fused-ring (bicyclic) bond motifs is 1. The Bertz CT molecular complexity index is 1010. The van der Waals surface area contributed by atoms with Crippen LogP contribution >= 0.6 is 0 Å². The number of furan rings is 1. The van der Waals surface area contributed by atoms with E-state index < -0.39 is 17.7 Å². The first-order valence-electron chi connectivity index (χ1n) is 8.10. The van der Waals surface area contributed by atoms with Crippen molar-refractivity contribution in [2.75, 3.05) is 11.9 Å². The first-order valence-corrected chi connectivity index (χ1v) is 8.10. The number of aromatic nitrogens is 2. The molecule has 0 bridgehead atoms. The number of esters is 1. The summed E-state index contributed by atoms with van der Waals surface area (Å²) in [5, 5.41) is 3.09. The minimum absolute atomic E-state index is 0.140. The van der Waals surface area contributed by atoms with Crippen molar-refractivity contribution in [1.29, 1.82) is 0 Å². The van der Waals surface area contributed by atoms with Crippen LogP contribution in [0.2, 0.25) is 0 Å². The van der Waals surface area contributed by atoms with Gasteiger partial charge >= 0.3 is 12.1 Å². The lowest BCUT2D eigenvalue weighted by Gasteiger charge is -2.11. The maximum Gasteiger partial charge on any atom is 0.416 e. The fraction of sp³-hybridized carbons (Fsp3) is 0.278. The van der Waals surface area contributed by atoms with E-state index in [2.05, 4.69) is 15.3 Å². The highest BCUT2D eigenvalue weighted by molar-refractivity contribution is 6.08. The summed E-state index contributed by atoms with van der Waals surface area (Å²) < 4.78 is 49.4. The summed E-state index contributed by atoms with van der Waals surface area (Å²) in [5.74, 6) is 0.168. The number of anilines is 2. The van der Waals surface area contributed by atoms with E-state index in [1.165, 1.54) is 12.1 Å². The fourth-order valence-corrected chi connectivity index (χ4v) is 2.67. The van der Waals surface area contributed by atoms with Gasteiger partial charge in [-0.3, -0.25) is 0 Å². The standard InChI is InChI=1S/C18H16F3N3O3/c1-4-26-17(25)13-9(2)27-16-14(13)15(22-10(3)23-16)24-12-7-5-6-11(8-12)18(19,20)21/h5-8H,4H2,1-3H3,(H,22,23,24). The number of hydrogen-bond donors (Lipinski definition) is 1. The van der Waals surface area contributed by atoms with Gasteiger partial charge in [0.2, 0.25) is 5.71 Å². The Morgan fingerprint density at radius 1 is 1.26 bits per heavy atom. The molecule has 27 heavy (non-hydrogen) atoms. The van der Waals surface area contributed by atoms with E-state index in [9.17, 15) is 18.0 Å². The van der Waals surface area contributed by atoms with Gasteiger partial charge in [0.05, 0.1) is 17.6 Å². The normalized spacial score (nSPS) is 11.6. The molecule has 6 nitrogen and oxygen atoms in total. The Balaban J connectivity index is 2.13. The average molecular weight is 379 g/mol. The molecule has 0 fully saturated rings. The lowest BCUT2D eigenvalue weighted by Crippen LogP contribution is -2.08. The Morgan fingerprint density at radius 2 is 2.00 bits per heavy atom. The Labute approximate surface area is 152 Å². The largest absolute Gasteiger partial charge is 0.462 e. The van der Waals surface area contributed by atoms with Crippen LogP contribution in [0.4, 0.5) is 24.7 Å². The summed E-state index contributed by atoms with van der Waals surface area (Å²) in [6.07, 6.45) is -4.48. The zero-order valence-corrected chi connectivity index (χ0v) is 14.8. The molecule has 9 heteroatoms. The number of carbonyl (C=O) groups is 1. The molecule has 0 saturated carbocycles. The van der Waals surface area contributed by atoms with Gasteiger partial charge in [-0.05, 0) is 39.0 Å². The Hall–Kier alpha value is -3.10. The van der Waals surface area contributed by atoms with Crippen LogP contribution in [0.5, 0.6) is 0 Å². The first kappa shape index (κ1) is 18.7. The number of hydrogen-bond acceptors (Lipinski definition) is 6. The highest BCUT2D eigenvalue weighted by Crippen LogP contribution is 2.34. The highest BCUT2D eigenvalue weighted by Gasteiger charge is 2.30. The molecule has 3 rings (SSSR count). The number of aryl methyl sites for hydroxylation is 2. The number of alkyl halides is 3. The number of rotatable bonds is 4. The van der Waals surface area contributed by atoms with Gasteiger partial charge in [0.1, 0.15) is 23.0 Å². The molecule has 0 atom stereocenters. The summed E-state index contributed by atoms with van der Waals surface area (Å²) in [7, 11) is 0. The highest BCUT2D eigenvalue weighted by atomic mass is 19.4. The molecule has 0 amide bonds. The van der Waals surface area contributed by atoms with Gasteiger partial charge in [0, 0.05) is 5.69 Å². The third-order valence-corrected chi connectivity index (χ3v) is 3.77.